The largest absolute Gasteiger partial charge is 0.497 e. The Morgan fingerprint density at radius 3 is 3.00 bits per heavy atom. The summed E-state index contributed by atoms with van der Waals surface area (Å²) in [4.78, 5) is 11.2. The van der Waals surface area contributed by atoms with E-state index in [0.29, 0.717) is 26.0 Å². The summed E-state index contributed by atoms with van der Waals surface area (Å²) in [6, 6.07) is 5.62. The zero-order valence-corrected chi connectivity index (χ0v) is 11.1. The van der Waals surface area contributed by atoms with Gasteiger partial charge in [0, 0.05) is 19.0 Å². The summed E-state index contributed by atoms with van der Waals surface area (Å²) < 4.78 is 11.8. The Morgan fingerprint density at radius 2 is 2.26 bits per heavy atom. The predicted octanol–water partition coefficient (Wildman–Crippen LogP) is 1.78. The molecule has 6 heteroatoms. The van der Waals surface area contributed by atoms with Gasteiger partial charge < -0.3 is 9.47 Å². The Hall–Kier alpha value is -2.11. The molecule has 0 unspecified atom stereocenters. The summed E-state index contributed by atoms with van der Waals surface area (Å²) in [5, 5.41) is 8.15. The highest BCUT2D eigenvalue weighted by Crippen LogP contribution is 2.18. The standard InChI is InChI=1S/C13H17N3O3/c1-3-19-13(17)5-4-8-16-12-7-6-10(18-2)9-11(12)14-15-16/h6-7,9H,3-5,8H2,1-2H3. The highest BCUT2D eigenvalue weighted by atomic mass is 16.5. The van der Waals surface area contributed by atoms with E-state index in [1.165, 1.54) is 0 Å². The molecular formula is C13H17N3O3. The molecule has 102 valence electrons. The molecule has 0 aliphatic rings. The maximum Gasteiger partial charge on any atom is 0.305 e. The maximum absolute atomic E-state index is 11.2. The molecule has 1 heterocycles. The molecule has 1 aromatic carbocycles. The van der Waals surface area contributed by atoms with Gasteiger partial charge in [0.1, 0.15) is 11.3 Å². The first-order valence-corrected chi connectivity index (χ1v) is 6.27. The van der Waals surface area contributed by atoms with Gasteiger partial charge in [-0.1, -0.05) is 5.21 Å². The van der Waals surface area contributed by atoms with Crippen molar-refractivity contribution in [1.82, 2.24) is 15.0 Å². The average molecular weight is 263 g/mol. The lowest BCUT2D eigenvalue weighted by Crippen LogP contribution is -2.07. The molecule has 0 N–H and O–H groups in total. The van der Waals surface area contributed by atoms with Crippen LogP contribution in [0.5, 0.6) is 5.75 Å². The van der Waals surface area contributed by atoms with E-state index in [1.807, 2.05) is 18.2 Å². The monoisotopic (exact) mass is 263 g/mol. The molecule has 0 saturated heterocycles. The van der Waals surface area contributed by atoms with Crippen molar-refractivity contribution in [2.75, 3.05) is 13.7 Å². The second-order valence-corrected chi connectivity index (χ2v) is 4.08. The number of ether oxygens (including phenoxy) is 2. The molecule has 2 rings (SSSR count). The van der Waals surface area contributed by atoms with E-state index in [1.54, 1.807) is 18.7 Å². The third-order valence-electron chi connectivity index (χ3n) is 2.78. The van der Waals surface area contributed by atoms with Gasteiger partial charge in [-0.3, -0.25) is 4.79 Å². The Kier molecular flexibility index (Phi) is 4.33. The fraction of sp³-hybridized carbons (Fsp3) is 0.462. The molecule has 0 fully saturated rings. The van der Waals surface area contributed by atoms with Crippen LogP contribution in [0.4, 0.5) is 0 Å². The van der Waals surface area contributed by atoms with Crippen LogP contribution in [0.15, 0.2) is 18.2 Å². The van der Waals surface area contributed by atoms with Gasteiger partial charge in [0.2, 0.25) is 0 Å². The highest BCUT2D eigenvalue weighted by Gasteiger charge is 2.07. The molecule has 0 amide bonds. The van der Waals surface area contributed by atoms with Gasteiger partial charge in [0.05, 0.1) is 19.2 Å². The molecule has 0 radical (unpaired) electrons. The minimum Gasteiger partial charge on any atom is -0.497 e. The van der Waals surface area contributed by atoms with Crippen molar-refractivity contribution >= 4 is 17.0 Å². The fourth-order valence-corrected chi connectivity index (χ4v) is 1.85. The number of rotatable bonds is 6. The minimum absolute atomic E-state index is 0.173. The number of esters is 1. The van der Waals surface area contributed by atoms with E-state index in [0.717, 1.165) is 16.8 Å². The second kappa shape index (κ2) is 6.17. The van der Waals surface area contributed by atoms with Crippen molar-refractivity contribution in [3.05, 3.63) is 18.2 Å². The van der Waals surface area contributed by atoms with E-state index < -0.39 is 0 Å². The lowest BCUT2D eigenvalue weighted by Gasteiger charge is -2.03. The van der Waals surface area contributed by atoms with Gasteiger partial charge in [-0.05, 0) is 25.5 Å². The van der Waals surface area contributed by atoms with Crippen LogP contribution < -0.4 is 4.74 Å². The van der Waals surface area contributed by atoms with Crippen LogP contribution >= 0.6 is 0 Å². The zero-order chi connectivity index (χ0) is 13.7. The lowest BCUT2D eigenvalue weighted by molar-refractivity contribution is -0.143. The first kappa shape index (κ1) is 13.3. The van der Waals surface area contributed by atoms with Crippen molar-refractivity contribution in [2.24, 2.45) is 0 Å². The molecule has 0 aliphatic heterocycles. The number of methoxy groups -OCH3 is 1. The normalized spacial score (nSPS) is 10.6. The Morgan fingerprint density at radius 1 is 1.42 bits per heavy atom. The van der Waals surface area contributed by atoms with Crippen molar-refractivity contribution in [1.29, 1.82) is 0 Å². The number of nitrogens with zero attached hydrogens (tertiary/aromatic N) is 3. The zero-order valence-electron chi connectivity index (χ0n) is 11.1. The van der Waals surface area contributed by atoms with Crippen LogP contribution in [0, 0.1) is 0 Å². The second-order valence-electron chi connectivity index (χ2n) is 4.08. The van der Waals surface area contributed by atoms with Crippen LogP contribution in [0.25, 0.3) is 11.0 Å². The van der Waals surface area contributed by atoms with Gasteiger partial charge in [0.15, 0.2) is 0 Å². The van der Waals surface area contributed by atoms with Gasteiger partial charge in [-0.25, -0.2) is 4.68 Å². The summed E-state index contributed by atoms with van der Waals surface area (Å²) in [6.45, 7) is 2.86. The van der Waals surface area contributed by atoms with Crippen molar-refractivity contribution in [2.45, 2.75) is 26.3 Å². The highest BCUT2D eigenvalue weighted by molar-refractivity contribution is 5.76. The van der Waals surface area contributed by atoms with E-state index >= 15 is 0 Å². The molecule has 2 aromatic rings. The number of aryl methyl sites for hydroxylation is 1. The van der Waals surface area contributed by atoms with Gasteiger partial charge in [0.25, 0.3) is 0 Å². The maximum atomic E-state index is 11.2. The number of benzene rings is 1. The summed E-state index contributed by atoms with van der Waals surface area (Å²) in [7, 11) is 1.62. The number of carbonyl (C=O) groups excluding carboxylic acids is 1. The van der Waals surface area contributed by atoms with Crippen LogP contribution in [0.1, 0.15) is 19.8 Å². The number of hydrogen-bond donors (Lipinski definition) is 0. The summed E-state index contributed by atoms with van der Waals surface area (Å²) in [5.41, 5.74) is 1.72. The van der Waals surface area contributed by atoms with Crippen LogP contribution in [-0.2, 0) is 16.1 Å². The first-order valence-electron chi connectivity index (χ1n) is 6.27. The van der Waals surface area contributed by atoms with Gasteiger partial charge in [-0.2, -0.15) is 0 Å². The van der Waals surface area contributed by atoms with E-state index in [9.17, 15) is 4.79 Å². The fourth-order valence-electron chi connectivity index (χ4n) is 1.85. The van der Waals surface area contributed by atoms with Gasteiger partial charge in [-0.15, -0.1) is 5.10 Å². The average Bonchev–Trinajstić information content (AvgIpc) is 2.81. The molecule has 0 aliphatic carbocycles. The van der Waals surface area contributed by atoms with Crippen molar-refractivity contribution < 1.29 is 14.3 Å². The predicted molar refractivity (Wildman–Crippen MR) is 69.9 cm³/mol. The van der Waals surface area contributed by atoms with Gasteiger partial charge >= 0.3 is 5.97 Å². The SMILES string of the molecule is CCOC(=O)CCCn1nnc2cc(OC)ccc21. The smallest absolute Gasteiger partial charge is 0.305 e. The van der Waals surface area contributed by atoms with E-state index in [2.05, 4.69) is 10.3 Å². The number of hydrogen-bond acceptors (Lipinski definition) is 5. The van der Waals surface area contributed by atoms with E-state index in [-0.39, 0.29) is 5.97 Å². The third-order valence-corrected chi connectivity index (χ3v) is 2.78. The first-order chi connectivity index (χ1) is 9.24. The lowest BCUT2D eigenvalue weighted by atomic mass is 10.2. The number of carbonyl (C=O) groups is 1. The Labute approximate surface area is 111 Å². The minimum atomic E-state index is -0.173. The molecule has 0 bridgehead atoms. The molecule has 6 nitrogen and oxygen atoms in total. The van der Waals surface area contributed by atoms with Crippen LogP contribution in [0.2, 0.25) is 0 Å². The molecule has 1 aromatic heterocycles. The molecule has 19 heavy (non-hydrogen) atoms. The topological polar surface area (TPSA) is 66.2 Å². The third kappa shape index (κ3) is 3.21. The molecule has 0 atom stereocenters. The van der Waals surface area contributed by atoms with Crippen LogP contribution in [0.3, 0.4) is 0 Å². The van der Waals surface area contributed by atoms with Crippen LogP contribution in [-0.4, -0.2) is 34.7 Å². The Bertz CT molecular complexity index is 565. The van der Waals surface area contributed by atoms with Crippen molar-refractivity contribution in [3.8, 4) is 5.75 Å². The number of fused-ring (bicyclic) bond motifs is 1. The summed E-state index contributed by atoms with van der Waals surface area (Å²) >= 11 is 0. The summed E-state index contributed by atoms with van der Waals surface area (Å²) in [5.74, 6) is 0.583. The summed E-state index contributed by atoms with van der Waals surface area (Å²) in [6.07, 6.45) is 1.08. The molecular weight excluding hydrogens is 246 g/mol. The Balaban J connectivity index is 1.99. The quantitative estimate of drug-likeness (QED) is 0.743. The number of aromatic nitrogens is 3. The van der Waals surface area contributed by atoms with Crippen molar-refractivity contribution in [3.63, 3.8) is 0 Å². The molecule has 0 saturated carbocycles. The molecule has 0 spiro atoms. The van der Waals surface area contributed by atoms with E-state index in [4.69, 9.17) is 9.47 Å².